The van der Waals surface area contributed by atoms with E-state index in [1.54, 1.807) is 7.11 Å². The van der Waals surface area contributed by atoms with E-state index in [4.69, 9.17) is 4.74 Å². The third kappa shape index (κ3) is 5.95. The second kappa shape index (κ2) is 10.1. The molecule has 1 aliphatic heterocycles. The quantitative estimate of drug-likeness (QED) is 0.233. The predicted octanol–water partition coefficient (Wildman–Crippen LogP) is 0.750. The van der Waals surface area contributed by atoms with Crippen LogP contribution >= 0.6 is 24.0 Å². The normalized spacial score (nSPS) is 22.5. The van der Waals surface area contributed by atoms with E-state index < -0.39 is 0 Å². The van der Waals surface area contributed by atoms with Gasteiger partial charge < -0.3 is 20.3 Å². The van der Waals surface area contributed by atoms with Gasteiger partial charge in [0.2, 0.25) is 5.91 Å². The molecule has 8 heteroatoms. The highest BCUT2D eigenvalue weighted by molar-refractivity contribution is 14.0. The molecule has 1 amide bonds. The van der Waals surface area contributed by atoms with Gasteiger partial charge in [-0.2, -0.15) is 0 Å². The number of guanidine groups is 1. The molecule has 0 bridgehead atoms. The van der Waals surface area contributed by atoms with Crippen molar-refractivity contribution in [3.05, 3.63) is 0 Å². The summed E-state index contributed by atoms with van der Waals surface area (Å²) in [5.41, 5.74) is 0.581. The van der Waals surface area contributed by atoms with E-state index in [0.717, 1.165) is 44.6 Å². The number of methoxy groups -OCH3 is 1. The summed E-state index contributed by atoms with van der Waals surface area (Å²) in [5, 5.41) is 6.50. The summed E-state index contributed by atoms with van der Waals surface area (Å²) < 4.78 is 4.95. The highest BCUT2D eigenvalue weighted by Crippen LogP contribution is 2.60. The molecule has 1 heterocycles. The van der Waals surface area contributed by atoms with Crippen molar-refractivity contribution in [3.8, 4) is 0 Å². The average molecular weight is 479 g/mol. The third-order valence-electron chi connectivity index (χ3n) is 5.81. The van der Waals surface area contributed by atoms with Crippen molar-refractivity contribution < 1.29 is 9.53 Å². The van der Waals surface area contributed by atoms with Gasteiger partial charge in [-0.15, -0.1) is 24.0 Å². The van der Waals surface area contributed by atoms with Crippen LogP contribution in [0, 0.1) is 11.3 Å². The molecule has 150 valence electrons. The predicted molar refractivity (Wildman–Crippen MR) is 114 cm³/mol. The standard InChI is InChI=1S/C18H33N5O2.HI/c1-19-17(21-14-18(5-6-18)15-3-4-15)23-10-8-22(9-11-23)13-16(24)20-7-12-25-2;/h15H,3-14H2,1-2H3,(H,19,21)(H,20,24);1H. The zero-order valence-electron chi connectivity index (χ0n) is 16.1. The van der Waals surface area contributed by atoms with E-state index >= 15 is 0 Å². The number of ether oxygens (including phenoxy) is 1. The Morgan fingerprint density at radius 3 is 2.42 bits per heavy atom. The Labute approximate surface area is 174 Å². The fourth-order valence-corrected chi connectivity index (χ4v) is 3.84. The van der Waals surface area contributed by atoms with Gasteiger partial charge in [-0.1, -0.05) is 0 Å². The van der Waals surface area contributed by atoms with Crippen molar-refractivity contribution in [3.63, 3.8) is 0 Å². The summed E-state index contributed by atoms with van der Waals surface area (Å²) in [6, 6.07) is 0. The molecule has 3 rings (SSSR count). The van der Waals surface area contributed by atoms with Gasteiger partial charge in [0.25, 0.3) is 0 Å². The van der Waals surface area contributed by atoms with Crippen LogP contribution in [0.5, 0.6) is 0 Å². The summed E-state index contributed by atoms with van der Waals surface area (Å²) in [6.07, 6.45) is 5.61. The number of piperazine rings is 1. The molecule has 3 aliphatic rings. The maximum absolute atomic E-state index is 11.9. The zero-order valence-corrected chi connectivity index (χ0v) is 18.5. The summed E-state index contributed by atoms with van der Waals surface area (Å²) in [4.78, 5) is 20.9. The maximum atomic E-state index is 11.9. The maximum Gasteiger partial charge on any atom is 0.234 e. The number of nitrogens with one attached hydrogen (secondary N) is 2. The summed E-state index contributed by atoms with van der Waals surface area (Å²) >= 11 is 0. The van der Waals surface area contributed by atoms with Crippen LogP contribution in [0.3, 0.4) is 0 Å². The van der Waals surface area contributed by atoms with Crippen LogP contribution in [0.1, 0.15) is 25.7 Å². The van der Waals surface area contributed by atoms with Crippen molar-refractivity contribution >= 4 is 35.8 Å². The smallest absolute Gasteiger partial charge is 0.234 e. The Bertz CT molecular complexity index is 486. The fraction of sp³-hybridized carbons (Fsp3) is 0.889. The number of halogens is 1. The van der Waals surface area contributed by atoms with E-state index in [1.165, 1.54) is 25.7 Å². The number of carbonyl (C=O) groups is 1. The van der Waals surface area contributed by atoms with Crippen LogP contribution in [0.25, 0.3) is 0 Å². The molecule has 0 aromatic carbocycles. The molecule has 0 unspecified atom stereocenters. The molecular formula is C18H34IN5O2. The van der Waals surface area contributed by atoms with E-state index in [-0.39, 0.29) is 29.9 Å². The number of rotatable bonds is 8. The Hall–Kier alpha value is -0.610. The first-order valence-electron chi connectivity index (χ1n) is 9.60. The minimum atomic E-state index is 0. The molecular weight excluding hydrogens is 445 g/mol. The van der Waals surface area contributed by atoms with Crippen molar-refractivity contribution in [2.45, 2.75) is 25.7 Å². The second-order valence-corrected chi connectivity index (χ2v) is 7.64. The Morgan fingerprint density at radius 2 is 1.88 bits per heavy atom. The van der Waals surface area contributed by atoms with E-state index in [0.29, 0.717) is 25.1 Å². The first kappa shape index (κ1) is 21.7. The lowest BCUT2D eigenvalue weighted by molar-refractivity contribution is -0.122. The molecule has 1 saturated heterocycles. The van der Waals surface area contributed by atoms with Crippen molar-refractivity contribution in [2.75, 3.05) is 66.6 Å². The molecule has 2 N–H and O–H groups in total. The van der Waals surface area contributed by atoms with Gasteiger partial charge in [0.15, 0.2) is 5.96 Å². The third-order valence-corrected chi connectivity index (χ3v) is 5.81. The monoisotopic (exact) mass is 479 g/mol. The lowest BCUT2D eigenvalue weighted by Gasteiger charge is -2.36. The largest absolute Gasteiger partial charge is 0.383 e. The van der Waals surface area contributed by atoms with Crippen LogP contribution in [0.15, 0.2) is 4.99 Å². The molecule has 2 saturated carbocycles. The van der Waals surface area contributed by atoms with Crippen LogP contribution in [0.2, 0.25) is 0 Å². The summed E-state index contributed by atoms with van der Waals surface area (Å²) in [5.74, 6) is 2.07. The molecule has 3 fully saturated rings. The van der Waals surface area contributed by atoms with Gasteiger partial charge >= 0.3 is 0 Å². The van der Waals surface area contributed by atoms with Gasteiger partial charge in [-0.25, -0.2) is 0 Å². The minimum absolute atomic E-state index is 0. The average Bonchev–Trinajstić information content (AvgIpc) is 3.50. The van der Waals surface area contributed by atoms with Crippen molar-refractivity contribution in [2.24, 2.45) is 16.3 Å². The Morgan fingerprint density at radius 1 is 1.19 bits per heavy atom. The molecule has 0 aromatic heterocycles. The van der Waals surface area contributed by atoms with Crippen molar-refractivity contribution in [1.29, 1.82) is 0 Å². The number of nitrogens with zero attached hydrogens (tertiary/aromatic N) is 3. The fourth-order valence-electron chi connectivity index (χ4n) is 3.84. The molecule has 0 aromatic rings. The van der Waals surface area contributed by atoms with Gasteiger partial charge in [0.1, 0.15) is 0 Å². The Balaban J connectivity index is 0.00000243. The lowest BCUT2D eigenvalue weighted by Crippen LogP contribution is -2.54. The topological polar surface area (TPSA) is 69.2 Å². The van der Waals surface area contributed by atoms with E-state index in [9.17, 15) is 4.79 Å². The van der Waals surface area contributed by atoms with E-state index in [1.807, 2.05) is 7.05 Å². The Kier molecular flexibility index (Phi) is 8.41. The van der Waals surface area contributed by atoms with Crippen LogP contribution in [0.4, 0.5) is 0 Å². The molecule has 26 heavy (non-hydrogen) atoms. The van der Waals surface area contributed by atoms with Gasteiger partial charge in [-0.3, -0.25) is 14.7 Å². The lowest BCUT2D eigenvalue weighted by atomic mass is 10.0. The minimum Gasteiger partial charge on any atom is -0.383 e. The number of aliphatic imine (C=N–C) groups is 1. The van der Waals surface area contributed by atoms with Crippen LogP contribution in [-0.2, 0) is 9.53 Å². The first-order valence-corrected chi connectivity index (χ1v) is 9.60. The number of amides is 1. The molecule has 0 atom stereocenters. The molecule has 0 spiro atoms. The van der Waals surface area contributed by atoms with Crippen LogP contribution < -0.4 is 10.6 Å². The highest BCUT2D eigenvalue weighted by atomic mass is 127. The highest BCUT2D eigenvalue weighted by Gasteiger charge is 2.53. The second-order valence-electron chi connectivity index (χ2n) is 7.64. The van der Waals surface area contributed by atoms with Crippen LogP contribution in [-0.4, -0.2) is 88.2 Å². The van der Waals surface area contributed by atoms with Gasteiger partial charge in [-0.05, 0) is 37.0 Å². The van der Waals surface area contributed by atoms with Gasteiger partial charge in [0, 0.05) is 53.4 Å². The SMILES string of the molecule is CN=C(NCC1(C2CC2)CC1)N1CCN(CC(=O)NCCOC)CC1.I. The number of hydrogen-bond acceptors (Lipinski definition) is 4. The summed E-state index contributed by atoms with van der Waals surface area (Å²) in [7, 11) is 3.51. The zero-order chi connectivity index (χ0) is 17.7. The molecule has 2 aliphatic carbocycles. The summed E-state index contributed by atoms with van der Waals surface area (Å²) in [6.45, 7) is 6.31. The first-order chi connectivity index (χ1) is 12.2. The number of hydrogen-bond donors (Lipinski definition) is 2. The van der Waals surface area contributed by atoms with Gasteiger partial charge in [0.05, 0.1) is 13.2 Å². The van der Waals surface area contributed by atoms with E-state index in [2.05, 4.69) is 25.4 Å². The molecule has 0 radical (unpaired) electrons. The molecule has 7 nitrogen and oxygen atoms in total. The van der Waals surface area contributed by atoms with Crippen molar-refractivity contribution in [1.82, 2.24) is 20.4 Å². The number of carbonyl (C=O) groups excluding carboxylic acids is 1.